The number of carbonyl (C=O) groups excluding carboxylic acids is 1. The van der Waals surface area contributed by atoms with Crippen LogP contribution < -0.4 is 11.1 Å². The minimum Gasteiger partial charge on any atom is -0.382 e. The number of rotatable bonds is 2. The second-order valence-corrected chi connectivity index (χ2v) is 3.45. The zero-order chi connectivity index (χ0) is 12.3. The molecule has 0 aliphatic carbocycles. The average molecular weight is 229 g/mol. The van der Waals surface area contributed by atoms with Crippen LogP contribution in [0.15, 0.2) is 30.7 Å². The van der Waals surface area contributed by atoms with E-state index in [4.69, 9.17) is 5.73 Å². The van der Waals surface area contributed by atoms with Gasteiger partial charge in [0.15, 0.2) is 0 Å². The number of carbonyl (C=O) groups is 1. The van der Waals surface area contributed by atoms with Gasteiger partial charge in [0.05, 0.1) is 12.4 Å². The number of amides is 1. The van der Waals surface area contributed by atoms with Crippen LogP contribution in [0.25, 0.3) is 0 Å². The average Bonchev–Trinajstić information content (AvgIpc) is 2.33. The molecule has 3 N–H and O–H groups in total. The summed E-state index contributed by atoms with van der Waals surface area (Å²) in [4.78, 5) is 23.5. The lowest BCUT2D eigenvalue weighted by molar-refractivity contribution is 0.102. The van der Waals surface area contributed by atoms with E-state index in [2.05, 4.69) is 20.3 Å². The molecule has 0 radical (unpaired) electrons. The van der Waals surface area contributed by atoms with Crippen molar-refractivity contribution in [2.75, 3.05) is 11.1 Å². The Labute approximate surface area is 97.9 Å². The first-order valence-corrected chi connectivity index (χ1v) is 4.97. The number of anilines is 2. The van der Waals surface area contributed by atoms with Crippen molar-refractivity contribution in [3.8, 4) is 0 Å². The quantitative estimate of drug-likeness (QED) is 0.801. The molecule has 0 aliphatic heterocycles. The molecule has 2 aromatic rings. The number of aryl methyl sites for hydroxylation is 1. The van der Waals surface area contributed by atoms with E-state index in [1.54, 1.807) is 12.3 Å². The third kappa shape index (κ3) is 2.54. The fourth-order valence-electron chi connectivity index (χ4n) is 1.24. The molecule has 0 atom stereocenters. The third-order valence-electron chi connectivity index (χ3n) is 2.15. The van der Waals surface area contributed by atoms with E-state index in [0.29, 0.717) is 5.82 Å². The van der Waals surface area contributed by atoms with E-state index in [-0.39, 0.29) is 17.4 Å². The first-order valence-electron chi connectivity index (χ1n) is 4.97. The number of nitrogens with zero attached hydrogens (tertiary/aromatic N) is 3. The normalized spacial score (nSPS) is 9.94. The highest BCUT2D eigenvalue weighted by molar-refractivity contribution is 6.02. The molecule has 86 valence electrons. The summed E-state index contributed by atoms with van der Waals surface area (Å²) in [5, 5.41) is 2.65. The van der Waals surface area contributed by atoms with Crippen LogP contribution in [-0.2, 0) is 0 Å². The molecule has 2 aromatic heterocycles. The SMILES string of the molecule is Cc1cccnc1NC(=O)c1cnc(N)cn1. The van der Waals surface area contributed by atoms with Crippen molar-refractivity contribution in [2.24, 2.45) is 0 Å². The Hall–Kier alpha value is -2.50. The fraction of sp³-hybridized carbons (Fsp3) is 0.0909. The van der Waals surface area contributed by atoms with Crippen LogP contribution in [0.4, 0.5) is 11.6 Å². The molecular formula is C11H11N5O. The van der Waals surface area contributed by atoms with Gasteiger partial charge in [-0.3, -0.25) is 4.79 Å². The second-order valence-electron chi connectivity index (χ2n) is 3.45. The molecule has 0 saturated carbocycles. The van der Waals surface area contributed by atoms with Crippen molar-refractivity contribution in [3.05, 3.63) is 42.0 Å². The number of pyridine rings is 1. The van der Waals surface area contributed by atoms with Crippen LogP contribution >= 0.6 is 0 Å². The summed E-state index contributed by atoms with van der Waals surface area (Å²) in [6.07, 6.45) is 4.26. The van der Waals surface area contributed by atoms with Crippen molar-refractivity contribution in [1.82, 2.24) is 15.0 Å². The van der Waals surface area contributed by atoms with Crippen molar-refractivity contribution in [3.63, 3.8) is 0 Å². The molecule has 0 aliphatic rings. The number of nitrogens with one attached hydrogen (secondary N) is 1. The monoisotopic (exact) mass is 229 g/mol. The van der Waals surface area contributed by atoms with Gasteiger partial charge in [-0.15, -0.1) is 0 Å². The number of aromatic nitrogens is 3. The zero-order valence-corrected chi connectivity index (χ0v) is 9.21. The number of nitrogen functional groups attached to an aromatic ring is 1. The van der Waals surface area contributed by atoms with Crippen molar-refractivity contribution >= 4 is 17.5 Å². The molecule has 2 rings (SSSR count). The smallest absolute Gasteiger partial charge is 0.277 e. The van der Waals surface area contributed by atoms with Gasteiger partial charge >= 0.3 is 0 Å². The Morgan fingerprint density at radius 3 is 2.76 bits per heavy atom. The zero-order valence-electron chi connectivity index (χ0n) is 9.21. The minimum atomic E-state index is -0.362. The van der Waals surface area contributed by atoms with Gasteiger partial charge in [0.1, 0.15) is 17.3 Å². The van der Waals surface area contributed by atoms with Crippen LogP contribution in [0.3, 0.4) is 0 Å². The van der Waals surface area contributed by atoms with Gasteiger partial charge in [0.25, 0.3) is 5.91 Å². The highest BCUT2D eigenvalue weighted by Crippen LogP contribution is 2.10. The van der Waals surface area contributed by atoms with E-state index in [1.165, 1.54) is 12.4 Å². The van der Waals surface area contributed by atoms with Crippen LogP contribution in [0.5, 0.6) is 0 Å². The third-order valence-corrected chi connectivity index (χ3v) is 2.15. The number of hydrogen-bond donors (Lipinski definition) is 2. The molecule has 6 heteroatoms. The summed E-state index contributed by atoms with van der Waals surface area (Å²) in [7, 11) is 0. The molecule has 0 unspecified atom stereocenters. The predicted octanol–water partition coefficient (Wildman–Crippen LogP) is 1.01. The largest absolute Gasteiger partial charge is 0.382 e. The van der Waals surface area contributed by atoms with Crippen LogP contribution in [-0.4, -0.2) is 20.9 Å². The van der Waals surface area contributed by atoms with Gasteiger partial charge in [-0.25, -0.2) is 15.0 Å². The maximum absolute atomic E-state index is 11.8. The Morgan fingerprint density at radius 1 is 1.29 bits per heavy atom. The molecular weight excluding hydrogens is 218 g/mol. The van der Waals surface area contributed by atoms with Crippen molar-refractivity contribution in [2.45, 2.75) is 6.92 Å². The maximum atomic E-state index is 11.8. The van der Waals surface area contributed by atoms with Crippen molar-refractivity contribution < 1.29 is 4.79 Å². The van der Waals surface area contributed by atoms with Crippen LogP contribution in [0.1, 0.15) is 16.1 Å². The molecule has 2 heterocycles. The number of hydrogen-bond acceptors (Lipinski definition) is 5. The molecule has 0 fully saturated rings. The topological polar surface area (TPSA) is 93.8 Å². The second kappa shape index (κ2) is 4.56. The van der Waals surface area contributed by atoms with E-state index in [0.717, 1.165) is 5.56 Å². The van der Waals surface area contributed by atoms with E-state index >= 15 is 0 Å². The van der Waals surface area contributed by atoms with Gasteiger partial charge in [0.2, 0.25) is 0 Å². The van der Waals surface area contributed by atoms with E-state index < -0.39 is 0 Å². The molecule has 17 heavy (non-hydrogen) atoms. The first kappa shape index (κ1) is 11.0. The van der Waals surface area contributed by atoms with E-state index in [9.17, 15) is 4.79 Å². The van der Waals surface area contributed by atoms with Gasteiger partial charge in [-0.2, -0.15) is 0 Å². The van der Waals surface area contributed by atoms with Gasteiger partial charge in [-0.1, -0.05) is 6.07 Å². The maximum Gasteiger partial charge on any atom is 0.277 e. The van der Waals surface area contributed by atoms with Gasteiger partial charge in [0, 0.05) is 6.20 Å². The first-order chi connectivity index (χ1) is 8.16. The summed E-state index contributed by atoms with van der Waals surface area (Å²) in [5.41, 5.74) is 6.46. The lowest BCUT2D eigenvalue weighted by Crippen LogP contribution is -2.15. The van der Waals surface area contributed by atoms with E-state index in [1.807, 2.05) is 13.0 Å². The molecule has 1 amide bonds. The highest BCUT2D eigenvalue weighted by Gasteiger charge is 2.09. The summed E-state index contributed by atoms with van der Waals surface area (Å²) in [6.45, 7) is 1.86. The molecule has 0 bridgehead atoms. The molecule has 0 aromatic carbocycles. The summed E-state index contributed by atoms with van der Waals surface area (Å²) in [5.74, 6) is 0.422. The van der Waals surface area contributed by atoms with Crippen LogP contribution in [0.2, 0.25) is 0 Å². The lowest BCUT2D eigenvalue weighted by Gasteiger charge is -2.05. The summed E-state index contributed by atoms with van der Waals surface area (Å²) < 4.78 is 0. The Balaban J connectivity index is 2.17. The predicted molar refractivity (Wildman–Crippen MR) is 63.4 cm³/mol. The molecule has 0 saturated heterocycles. The Bertz CT molecular complexity index is 538. The summed E-state index contributed by atoms with van der Waals surface area (Å²) in [6, 6.07) is 3.66. The summed E-state index contributed by atoms with van der Waals surface area (Å²) >= 11 is 0. The standard InChI is InChI=1S/C11H11N5O/c1-7-3-2-4-13-10(7)16-11(17)8-5-15-9(12)6-14-8/h2-6H,1H3,(H2,12,15)(H,13,16,17). The minimum absolute atomic E-state index is 0.198. The Kier molecular flexibility index (Phi) is 2.95. The highest BCUT2D eigenvalue weighted by atomic mass is 16.1. The number of nitrogens with two attached hydrogens (primary N) is 1. The van der Waals surface area contributed by atoms with Crippen molar-refractivity contribution in [1.29, 1.82) is 0 Å². The molecule has 0 spiro atoms. The fourth-order valence-corrected chi connectivity index (χ4v) is 1.24. The lowest BCUT2D eigenvalue weighted by atomic mass is 10.3. The van der Waals surface area contributed by atoms with Crippen LogP contribution in [0, 0.1) is 6.92 Å². The molecule has 6 nitrogen and oxygen atoms in total. The Morgan fingerprint density at radius 2 is 2.12 bits per heavy atom. The van der Waals surface area contributed by atoms with Gasteiger partial charge in [-0.05, 0) is 18.6 Å². The van der Waals surface area contributed by atoms with Gasteiger partial charge < -0.3 is 11.1 Å².